The molecule has 3 aromatic rings. The lowest BCUT2D eigenvalue weighted by Gasteiger charge is -2.18. The van der Waals surface area contributed by atoms with Crippen molar-refractivity contribution in [3.8, 4) is 34.5 Å². The molecule has 1 aliphatic rings. The third kappa shape index (κ3) is 24.8. The van der Waals surface area contributed by atoms with Crippen LogP contribution in [-0.2, 0) is 62.2 Å². The second kappa shape index (κ2) is 37.2. The summed E-state index contributed by atoms with van der Waals surface area (Å²) in [5.74, 6) is 2.50. The van der Waals surface area contributed by atoms with Crippen molar-refractivity contribution in [2.24, 2.45) is 0 Å². The van der Waals surface area contributed by atoms with Gasteiger partial charge in [0.25, 0.3) is 0 Å². The third-order valence-corrected chi connectivity index (χ3v) is 13.4. The van der Waals surface area contributed by atoms with Gasteiger partial charge in [0.05, 0.1) is 41.2 Å². The molecular formula is C60H90N6O15. The van der Waals surface area contributed by atoms with E-state index < -0.39 is 0 Å². The number of carbonyl (C=O) groups is 6. The van der Waals surface area contributed by atoms with Crippen LogP contribution in [0.3, 0.4) is 0 Å². The molecule has 3 N–H and O–H groups in total. The van der Waals surface area contributed by atoms with Gasteiger partial charge in [-0.1, -0.05) is 38.5 Å². The number of benzene rings is 3. The van der Waals surface area contributed by atoms with E-state index >= 15 is 0 Å². The highest BCUT2D eigenvalue weighted by atomic mass is 16.5. The van der Waals surface area contributed by atoms with Gasteiger partial charge < -0.3 is 73.3 Å². The van der Waals surface area contributed by atoms with Gasteiger partial charge in [-0.3, -0.25) is 28.8 Å². The molecule has 0 bridgehead atoms. The number of carbonyl (C=O) groups excluding carboxylic acids is 6. The molecule has 1 aliphatic carbocycles. The van der Waals surface area contributed by atoms with Crippen LogP contribution >= 0.6 is 0 Å². The van der Waals surface area contributed by atoms with E-state index in [0.717, 1.165) is 110 Å². The van der Waals surface area contributed by atoms with Gasteiger partial charge in [-0.05, 0) is 128 Å². The van der Waals surface area contributed by atoms with Crippen molar-refractivity contribution < 1.29 is 71.4 Å². The minimum absolute atomic E-state index is 0.135. The van der Waals surface area contributed by atoms with Crippen molar-refractivity contribution in [3.63, 3.8) is 0 Å². The first-order valence-corrected chi connectivity index (χ1v) is 28.1. The highest BCUT2D eigenvalue weighted by Crippen LogP contribution is 2.41. The zero-order valence-electron chi connectivity index (χ0n) is 49.5. The van der Waals surface area contributed by atoms with Crippen LogP contribution in [0.5, 0.6) is 34.5 Å². The molecular weight excluding hydrogens is 1040 g/mol. The maximum absolute atomic E-state index is 12.1. The first kappa shape index (κ1) is 66.7. The maximum atomic E-state index is 12.1. The molecule has 6 amide bonds. The maximum Gasteiger partial charge on any atom is 0.248 e. The largest absolute Gasteiger partial charge is 0.493 e. The molecule has 0 saturated carbocycles. The van der Waals surface area contributed by atoms with Gasteiger partial charge in [0.2, 0.25) is 35.4 Å². The van der Waals surface area contributed by atoms with E-state index in [1.165, 1.54) is 14.7 Å². The Kier molecular flexibility index (Phi) is 30.6. The van der Waals surface area contributed by atoms with Crippen LogP contribution in [0.4, 0.5) is 0 Å². The highest BCUT2D eigenvalue weighted by Gasteiger charge is 2.23. The monoisotopic (exact) mass is 1130 g/mol. The van der Waals surface area contributed by atoms with Crippen LogP contribution in [0.25, 0.3) is 0 Å². The van der Waals surface area contributed by atoms with Crippen LogP contribution in [-0.4, -0.2) is 193 Å². The number of unbranched alkanes of at least 4 members (excludes halogenated alkanes) is 9. The minimum atomic E-state index is -0.251. The molecule has 0 aliphatic heterocycles. The van der Waals surface area contributed by atoms with Gasteiger partial charge in [0.1, 0.15) is 39.6 Å². The number of methoxy groups -OCH3 is 3. The van der Waals surface area contributed by atoms with Gasteiger partial charge in [-0.25, -0.2) is 0 Å². The molecule has 0 aromatic heterocycles. The number of rotatable bonds is 39. The summed E-state index contributed by atoms with van der Waals surface area (Å²) in [4.78, 5) is 75.8. The van der Waals surface area contributed by atoms with E-state index in [2.05, 4.69) is 52.3 Å². The van der Waals surface area contributed by atoms with E-state index in [1.54, 1.807) is 63.6 Å². The molecule has 81 heavy (non-hydrogen) atoms. The average Bonchev–Trinajstić information content (AvgIpc) is 3.49. The smallest absolute Gasteiger partial charge is 0.248 e. The first-order valence-electron chi connectivity index (χ1n) is 28.1. The van der Waals surface area contributed by atoms with E-state index in [0.29, 0.717) is 93.2 Å². The summed E-state index contributed by atoms with van der Waals surface area (Å²) in [6, 6.07) is 12.5. The van der Waals surface area contributed by atoms with Gasteiger partial charge in [0, 0.05) is 61.9 Å². The lowest BCUT2D eigenvalue weighted by Crippen LogP contribution is -2.32. The molecule has 0 unspecified atom stereocenters. The fourth-order valence-corrected chi connectivity index (χ4v) is 8.56. The molecule has 4 rings (SSSR count). The normalized spacial score (nSPS) is 11.5. The molecule has 21 heteroatoms. The van der Waals surface area contributed by atoms with Crippen molar-refractivity contribution in [1.29, 1.82) is 0 Å². The Morgan fingerprint density at radius 3 is 0.815 bits per heavy atom. The number of fused-ring (bicyclic) bond motifs is 3. The molecule has 0 spiro atoms. The predicted octanol–water partition coefficient (Wildman–Crippen LogP) is 5.28. The lowest BCUT2D eigenvalue weighted by atomic mass is 9.94. The summed E-state index contributed by atoms with van der Waals surface area (Å²) in [6.07, 6.45) is 12.0. The Bertz CT molecular complexity index is 2200. The van der Waals surface area contributed by atoms with E-state index in [4.69, 9.17) is 42.6 Å². The fourth-order valence-electron chi connectivity index (χ4n) is 8.56. The predicted molar refractivity (Wildman–Crippen MR) is 307 cm³/mol. The number of hydrogen-bond acceptors (Lipinski definition) is 15. The standard InChI is InChI=1S/C60H90N6O15/c1-64(2)58(70)40-76-37-55(67)61-22-16-10-13-19-25-79-52-34-46-28-44-32-50(74-8)54(81-27-21-15-12-18-24-63-57(69)39-78-42-60(72)66(5)6)36-48(44)30-45-33-51(75-9)53(35-47(45)29-43(46)31-49(52)73-7)80-26-20-14-11-17-23-62-56(68)38-77-41-59(71)65(3)4/h31-36H,10-30,37-42H2,1-9H3,(H,61,67)(H,62,68)(H,63,69). The SMILES string of the molecule is COc1cc2c(cc1OCCCCCCNC(=O)COCC(=O)N(C)C)Cc1cc(OC)c(OCCCCCCNC(=O)COCC(=O)N(C)C)cc1Cc1cc(OC)c(OCCCCCCNC(=O)COCC(=O)N(C)C)cc1C2. The molecule has 0 fully saturated rings. The topological polar surface area (TPSA) is 231 Å². The number of likely N-dealkylation sites (N-methyl/N-ethyl adjacent to an activating group) is 3. The van der Waals surface area contributed by atoms with E-state index in [-0.39, 0.29) is 75.1 Å². The first-order chi connectivity index (χ1) is 39.0. The van der Waals surface area contributed by atoms with Crippen LogP contribution in [0.2, 0.25) is 0 Å². The minimum Gasteiger partial charge on any atom is -0.493 e. The third-order valence-electron chi connectivity index (χ3n) is 13.4. The number of hydrogen-bond donors (Lipinski definition) is 3. The summed E-state index contributed by atoms with van der Waals surface area (Å²) in [5, 5.41) is 8.54. The van der Waals surface area contributed by atoms with E-state index in [1.807, 2.05) is 0 Å². The van der Waals surface area contributed by atoms with Crippen LogP contribution in [0.15, 0.2) is 36.4 Å². The lowest BCUT2D eigenvalue weighted by molar-refractivity contribution is -0.137. The van der Waals surface area contributed by atoms with Gasteiger partial charge >= 0.3 is 0 Å². The number of amides is 6. The summed E-state index contributed by atoms with van der Waals surface area (Å²) < 4.78 is 52.9. The summed E-state index contributed by atoms with van der Waals surface area (Å²) in [7, 11) is 14.8. The van der Waals surface area contributed by atoms with Gasteiger partial charge in [0.15, 0.2) is 34.5 Å². The Hall–Kier alpha value is -6.84. The van der Waals surface area contributed by atoms with Gasteiger partial charge in [-0.15, -0.1) is 0 Å². The molecule has 0 radical (unpaired) electrons. The highest BCUT2D eigenvalue weighted by molar-refractivity contribution is 5.80. The quantitative estimate of drug-likeness (QED) is 0.0483. The zero-order valence-corrected chi connectivity index (χ0v) is 49.5. The second-order valence-corrected chi connectivity index (χ2v) is 20.5. The molecule has 0 atom stereocenters. The second-order valence-electron chi connectivity index (χ2n) is 20.5. The fraction of sp³-hybridized carbons (Fsp3) is 0.600. The molecule has 450 valence electrons. The molecule has 3 aromatic carbocycles. The van der Waals surface area contributed by atoms with Crippen LogP contribution in [0.1, 0.15) is 110 Å². The number of ether oxygens (including phenoxy) is 9. The van der Waals surface area contributed by atoms with Crippen molar-refractivity contribution in [1.82, 2.24) is 30.7 Å². The Balaban J connectivity index is 1.43. The summed E-state index contributed by atoms with van der Waals surface area (Å²) in [6.45, 7) is 2.10. The number of nitrogens with zero attached hydrogens (tertiary/aromatic N) is 3. The van der Waals surface area contributed by atoms with Crippen LogP contribution in [0, 0.1) is 0 Å². The summed E-state index contributed by atoms with van der Waals surface area (Å²) in [5.41, 5.74) is 6.45. The molecule has 0 heterocycles. The van der Waals surface area contributed by atoms with Crippen molar-refractivity contribution in [3.05, 3.63) is 69.8 Å². The molecule has 0 saturated heterocycles. The number of nitrogens with one attached hydrogen (secondary N) is 3. The van der Waals surface area contributed by atoms with Crippen molar-refractivity contribution >= 4 is 35.4 Å². The van der Waals surface area contributed by atoms with Crippen molar-refractivity contribution in [2.45, 2.75) is 96.3 Å². The van der Waals surface area contributed by atoms with Crippen LogP contribution < -0.4 is 44.4 Å². The Labute approximate surface area is 479 Å². The van der Waals surface area contributed by atoms with E-state index in [9.17, 15) is 28.8 Å². The Morgan fingerprint density at radius 2 is 0.580 bits per heavy atom. The zero-order chi connectivity index (χ0) is 58.9. The summed E-state index contributed by atoms with van der Waals surface area (Å²) >= 11 is 0. The Morgan fingerprint density at radius 1 is 0.346 bits per heavy atom. The van der Waals surface area contributed by atoms with Gasteiger partial charge in [-0.2, -0.15) is 0 Å². The average molecular weight is 1140 g/mol. The van der Waals surface area contributed by atoms with Crippen molar-refractivity contribution in [2.75, 3.05) is 143 Å². The molecule has 21 nitrogen and oxygen atoms in total.